The monoisotopic (exact) mass is 272 g/mol. The molecule has 0 aliphatic carbocycles. The lowest BCUT2D eigenvalue weighted by atomic mass is 10.1. The summed E-state index contributed by atoms with van der Waals surface area (Å²) in [7, 11) is 1.41. The Hall–Kier alpha value is -1.69. The third-order valence-electron chi connectivity index (χ3n) is 2.51. The fraction of sp³-hybridized carbons (Fsp3) is 0.462. The van der Waals surface area contributed by atoms with Gasteiger partial charge in [-0.25, -0.2) is 8.78 Å². The molecule has 1 aromatic rings. The smallest absolute Gasteiger partial charge is 0.251 e. The van der Waals surface area contributed by atoms with E-state index in [9.17, 15) is 13.6 Å². The molecule has 0 unspecified atom stereocenters. The molecule has 6 heteroatoms. The van der Waals surface area contributed by atoms with E-state index in [2.05, 4.69) is 10.6 Å². The van der Waals surface area contributed by atoms with Gasteiger partial charge in [-0.1, -0.05) is 0 Å². The van der Waals surface area contributed by atoms with Crippen LogP contribution in [0, 0.1) is 11.6 Å². The van der Waals surface area contributed by atoms with Gasteiger partial charge in [0.25, 0.3) is 5.91 Å². The molecule has 1 aromatic carbocycles. The SMILES string of the molecule is CCOCCCNC(=O)c1cc(F)c(NC)c(F)c1. The standard InChI is InChI=1S/C13H18F2N2O2/c1-3-19-6-4-5-17-13(18)9-7-10(14)12(16-2)11(15)8-9/h7-8,16H,3-6H2,1-2H3,(H,17,18). The van der Waals surface area contributed by atoms with Gasteiger partial charge >= 0.3 is 0 Å². The van der Waals surface area contributed by atoms with Crippen LogP contribution >= 0.6 is 0 Å². The van der Waals surface area contributed by atoms with E-state index >= 15 is 0 Å². The summed E-state index contributed by atoms with van der Waals surface area (Å²) in [6.45, 7) is 3.44. The summed E-state index contributed by atoms with van der Waals surface area (Å²) in [5.74, 6) is -2.08. The van der Waals surface area contributed by atoms with E-state index in [1.807, 2.05) is 6.92 Å². The van der Waals surface area contributed by atoms with Gasteiger partial charge in [-0.05, 0) is 25.5 Å². The van der Waals surface area contributed by atoms with Gasteiger partial charge in [-0.2, -0.15) is 0 Å². The van der Waals surface area contributed by atoms with Gasteiger partial charge in [0, 0.05) is 32.4 Å². The summed E-state index contributed by atoms with van der Waals surface area (Å²) < 4.78 is 32.0. The van der Waals surface area contributed by atoms with Gasteiger partial charge in [0.15, 0.2) is 0 Å². The van der Waals surface area contributed by atoms with E-state index in [1.54, 1.807) is 0 Å². The zero-order valence-corrected chi connectivity index (χ0v) is 11.1. The van der Waals surface area contributed by atoms with Gasteiger partial charge in [-0.3, -0.25) is 4.79 Å². The van der Waals surface area contributed by atoms with Crippen LogP contribution in [0.4, 0.5) is 14.5 Å². The molecule has 0 fully saturated rings. The Morgan fingerprint density at radius 1 is 1.32 bits per heavy atom. The van der Waals surface area contributed by atoms with Gasteiger partial charge in [0.1, 0.15) is 17.3 Å². The summed E-state index contributed by atoms with van der Waals surface area (Å²) in [6, 6.07) is 2.01. The maximum atomic E-state index is 13.5. The molecule has 0 spiro atoms. The lowest BCUT2D eigenvalue weighted by Crippen LogP contribution is -2.25. The molecular weight excluding hydrogens is 254 g/mol. The van der Waals surface area contributed by atoms with Crippen LogP contribution in [0.2, 0.25) is 0 Å². The number of carbonyl (C=O) groups excluding carboxylic acids is 1. The first-order valence-electron chi connectivity index (χ1n) is 6.12. The molecule has 0 bridgehead atoms. The van der Waals surface area contributed by atoms with Crippen LogP contribution in [-0.2, 0) is 4.74 Å². The number of hydrogen-bond acceptors (Lipinski definition) is 3. The van der Waals surface area contributed by atoms with Crippen molar-refractivity contribution in [1.29, 1.82) is 0 Å². The Morgan fingerprint density at radius 3 is 2.47 bits per heavy atom. The Kier molecular flexibility index (Phi) is 6.21. The minimum absolute atomic E-state index is 0.0367. The number of anilines is 1. The number of hydrogen-bond donors (Lipinski definition) is 2. The molecule has 0 radical (unpaired) electrons. The van der Waals surface area contributed by atoms with Crippen LogP contribution in [0.5, 0.6) is 0 Å². The van der Waals surface area contributed by atoms with E-state index in [0.29, 0.717) is 26.2 Å². The summed E-state index contributed by atoms with van der Waals surface area (Å²) in [5.41, 5.74) is -0.279. The first kappa shape index (κ1) is 15.4. The van der Waals surface area contributed by atoms with Crippen molar-refractivity contribution in [3.63, 3.8) is 0 Å². The minimum Gasteiger partial charge on any atom is -0.383 e. The molecule has 106 valence electrons. The van der Waals surface area contributed by atoms with E-state index in [-0.39, 0.29) is 11.3 Å². The van der Waals surface area contributed by atoms with E-state index < -0.39 is 17.5 Å². The Morgan fingerprint density at radius 2 is 1.95 bits per heavy atom. The van der Waals surface area contributed by atoms with Crippen molar-refractivity contribution in [2.24, 2.45) is 0 Å². The van der Waals surface area contributed by atoms with Crippen molar-refractivity contribution >= 4 is 11.6 Å². The average Bonchev–Trinajstić information content (AvgIpc) is 2.38. The highest BCUT2D eigenvalue weighted by molar-refractivity contribution is 5.94. The fourth-order valence-corrected chi connectivity index (χ4v) is 1.57. The second kappa shape index (κ2) is 7.68. The fourth-order valence-electron chi connectivity index (χ4n) is 1.57. The number of amides is 1. The highest BCUT2D eigenvalue weighted by Gasteiger charge is 2.13. The van der Waals surface area contributed by atoms with Crippen LogP contribution in [0.25, 0.3) is 0 Å². The van der Waals surface area contributed by atoms with Crippen LogP contribution in [0.15, 0.2) is 12.1 Å². The molecule has 1 rings (SSSR count). The zero-order valence-electron chi connectivity index (χ0n) is 11.1. The number of benzene rings is 1. The minimum atomic E-state index is -0.790. The highest BCUT2D eigenvalue weighted by atomic mass is 19.1. The van der Waals surface area contributed by atoms with Crippen LogP contribution in [0.3, 0.4) is 0 Å². The van der Waals surface area contributed by atoms with E-state index in [1.165, 1.54) is 7.05 Å². The van der Waals surface area contributed by atoms with E-state index in [4.69, 9.17) is 4.74 Å². The molecule has 0 saturated carbocycles. The quantitative estimate of drug-likeness (QED) is 0.748. The van der Waals surface area contributed by atoms with Crippen molar-refractivity contribution in [2.45, 2.75) is 13.3 Å². The Balaban J connectivity index is 2.58. The van der Waals surface area contributed by atoms with Crippen molar-refractivity contribution in [3.05, 3.63) is 29.3 Å². The lowest BCUT2D eigenvalue weighted by molar-refractivity contribution is 0.0943. The second-order valence-corrected chi connectivity index (χ2v) is 3.87. The lowest BCUT2D eigenvalue weighted by Gasteiger charge is -2.08. The number of nitrogens with one attached hydrogen (secondary N) is 2. The number of rotatable bonds is 7. The van der Waals surface area contributed by atoms with Crippen molar-refractivity contribution in [1.82, 2.24) is 5.32 Å². The molecule has 0 atom stereocenters. The molecule has 4 nitrogen and oxygen atoms in total. The molecule has 0 aliphatic heterocycles. The third-order valence-corrected chi connectivity index (χ3v) is 2.51. The van der Waals surface area contributed by atoms with Crippen molar-refractivity contribution < 1.29 is 18.3 Å². The second-order valence-electron chi connectivity index (χ2n) is 3.87. The molecular formula is C13H18F2N2O2. The third kappa shape index (κ3) is 4.48. The first-order valence-corrected chi connectivity index (χ1v) is 6.12. The Bertz CT molecular complexity index is 416. The largest absolute Gasteiger partial charge is 0.383 e. The van der Waals surface area contributed by atoms with E-state index in [0.717, 1.165) is 12.1 Å². The maximum Gasteiger partial charge on any atom is 0.251 e. The molecule has 0 aliphatic rings. The summed E-state index contributed by atoms with van der Waals surface area (Å²) in [4.78, 5) is 11.7. The summed E-state index contributed by atoms with van der Waals surface area (Å²) in [6.07, 6.45) is 0.652. The normalized spacial score (nSPS) is 10.3. The maximum absolute atomic E-state index is 13.5. The molecule has 0 aromatic heterocycles. The topological polar surface area (TPSA) is 50.4 Å². The summed E-state index contributed by atoms with van der Waals surface area (Å²) in [5, 5.41) is 4.97. The van der Waals surface area contributed by atoms with Gasteiger partial charge in [0.2, 0.25) is 0 Å². The van der Waals surface area contributed by atoms with Gasteiger partial charge in [0.05, 0.1) is 0 Å². The number of carbonyl (C=O) groups is 1. The molecule has 19 heavy (non-hydrogen) atoms. The number of ether oxygens (including phenoxy) is 1. The molecule has 0 heterocycles. The Labute approximate surface area is 111 Å². The van der Waals surface area contributed by atoms with Gasteiger partial charge < -0.3 is 15.4 Å². The van der Waals surface area contributed by atoms with Crippen LogP contribution < -0.4 is 10.6 Å². The van der Waals surface area contributed by atoms with Crippen molar-refractivity contribution in [2.75, 3.05) is 32.1 Å². The average molecular weight is 272 g/mol. The molecule has 1 amide bonds. The first-order chi connectivity index (χ1) is 9.10. The molecule has 0 saturated heterocycles. The highest BCUT2D eigenvalue weighted by Crippen LogP contribution is 2.20. The number of halogens is 2. The van der Waals surface area contributed by atoms with Crippen LogP contribution in [-0.4, -0.2) is 32.7 Å². The predicted molar refractivity (Wildman–Crippen MR) is 69.3 cm³/mol. The zero-order chi connectivity index (χ0) is 14.3. The molecule has 2 N–H and O–H groups in total. The predicted octanol–water partition coefficient (Wildman–Crippen LogP) is 2.16. The van der Waals surface area contributed by atoms with Crippen LogP contribution in [0.1, 0.15) is 23.7 Å². The van der Waals surface area contributed by atoms with Crippen molar-refractivity contribution in [3.8, 4) is 0 Å². The summed E-state index contributed by atoms with van der Waals surface area (Å²) >= 11 is 0. The van der Waals surface area contributed by atoms with Gasteiger partial charge in [-0.15, -0.1) is 0 Å².